The largest absolute Gasteiger partial charge is 0.368 e. The first-order valence-corrected chi connectivity index (χ1v) is 7.88. The van der Waals surface area contributed by atoms with E-state index in [1.165, 1.54) is 0 Å². The molecule has 2 fully saturated rings. The summed E-state index contributed by atoms with van der Waals surface area (Å²) in [6.07, 6.45) is 5.26. The number of rotatable bonds is 6. The predicted octanol–water partition coefficient (Wildman–Crippen LogP) is 0.473. The van der Waals surface area contributed by atoms with Crippen LogP contribution >= 0.6 is 0 Å². The van der Waals surface area contributed by atoms with Crippen molar-refractivity contribution in [2.45, 2.75) is 37.8 Å². The Labute approximate surface area is 130 Å². The van der Waals surface area contributed by atoms with E-state index in [-0.39, 0.29) is 23.9 Å². The third kappa shape index (κ3) is 3.44. The van der Waals surface area contributed by atoms with E-state index in [9.17, 15) is 9.59 Å². The van der Waals surface area contributed by atoms with Crippen LogP contribution in [0.15, 0.2) is 24.4 Å². The minimum atomic E-state index is -0.378. The molecule has 6 heteroatoms. The molecule has 0 spiro atoms. The van der Waals surface area contributed by atoms with Crippen molar-refractivity contribution in [3.63, 3.8) is 0 Å². The molecule has 6 nitrogen and oxygen atoms in total. The number of pyridine rings is 1. The van der Waals surface area contributed by atoms with Crippen molar-refractivity contribution >= 4 is 17.5 Å². The number of Topliss-reactive ketones (excluding diaryl/α,β-unsaturated/α-hetero) is 1. The maximum atomic E-state index is 11.8. The van der Waals surface area contributed by atoms with Gasteiger partial charge in [-0.1, -0.05) is 6.07 Å². The molecule has 0 radical (unpaired) electrons. The number of ketones is 1. The lowest BCUT2D eigenvalue weighted by molar-refractivity contribution is -0.119. The highest BCUT2D eigenvalue weighted by Crippen LogP contribution is 2.29. The first-order valence-electron chi connectivity index (χ1n) is 7.88. The number of carbonyl (C=O) groups excluding carboxylic acids is 2. The SMILES string of the molecule is NC(=O)C1CC(NCC(=O)C2CC2)CCN1c1ccccn1. The lowest BCUT2D eigenvalue weighted by Gasteiger charge is -2.38. The molecule has 1 aromatic heterocycles. The average molecular weight is 302 g/mol. The van der Waals surface area contributed by atoms with Crippen molar-refractivity contribution in [1.82, 2.24) is 10.3 Å². The van der Waals surface area contributed by atoms with Gasteiger partial charge in [0.25, 0.3) is 0 Å². The van der Waals surface area contributed by atoms with Crippen LogP contribution in [0.3, 0.4) is 0 Å². The summed E-state index contributed by atoms with van der Waals surface area (Å²) in [6, 6.07) is 5.41. The molecule has 1 saturated heterocycles. The van der Waals surface area contributed by atoms with Crippen LogP contribution < -0.4 is 16.0 Å². The minimum absolute atomic E-state index is 0.153. The first kappa shape index (κ1) is 15.0. The van der Waals surface area contributed by atoms with Gasteiger partial charge < -0.3 is 16.0 Å². The number of anilines is 1. The first-order chi connectivity index (χ1) is 10.6. The molecule has 1 aromatic rings. The Bertz CT molecular complexity index is 544. The summed E-state index contributed by atoms with van der Waals surface area (Å²) in [6.45, 7) is 1.12. The molecule has 118 valence electrons. The van der Waals surface area contributed by atoms with E-state index >= 15 is 0 Å². The van der Waals surface area contributed by atoms with Crippen LogP contribution in [-0.4, -0.2) is 41.8 Å². The van der Waals surface area contributed by atoms with E-state index in [0.29, 0.717) is 25.3 Å². The highest BCUT2D eigenvalue weighted by atomic mass is 16.1. The second kappa shape index (κ2) is 6.44. The van der Waals surface area contributed by atoms with Gasteiger partial charge in [-0.3, -0.25) is 9.59 Å². The zero-order chi connectivity index (χ0) is 15.5. The Morgan fingerprint density at radius 2 is 2.14 bits per heavy atom. The molecule has 1 amide bonds. The second-order valence-corrected chi connectivity index (χ2v) is 6.14. The van der Waals surface area contributed by atoms with E-state index in [1.54, 1.807) is 6.20 Å². The third-order valence-electron chi connectivity index (χ3n) is 4.47. The molecule has 1 aliphatic carbocycles. The summed E-state index contributed by atoms with van der Waals surface area (Å²) in [4.78, 5) is 29.8. The van der Waals surface area contributed by atoms with Crippen molar-refractivity contribution in [3.05, 3.63) is 24.4 Å². The Hall–Kier alpha value is -1.95. The number of nitrogens with one attached hydrogen (secondary N) is 1. The Morgan fingerprint density at radius 1 is 1.32 bits per heavy atom. The summed E-state index contributed by atoms with van der Waals surface area (Å²) < 4.78 is 0. The number of piperidine rings is 1. The van der Waals surface area contributed by atoms with E-state index in [0.717, 1.165) is 25.1 Å². The Balaban J connectivity index is 1.60. The van der Waals surface area contributed by atoms with Crippen molar-refractivity contribution in [2.75, 3.05) is 18.0 Å². The number of primary amides is 1. The van der Waals surface area contributed by atoms with Crippen LogP contribution in [-0.2, 0) is 9.59 Å². The molecule has 0 aromatic carbocycles. The molecule has 2 atom stereocenters. The molecule has 3 N–H and O–H groups in total. The quantitative estimate of drug-likeness (QED) is 0.797. The monoisotopic (exact) mass is 302 g/mol. The molecule has 2 aliphatic rings. The van der Waals surface area contributed by atoms with Gasteiger partial charge in [0.05, 0.1) is 6.54 Å². The van der Waals surface area contributed by atoms with Crippen molar-refractivity contribution < 1.29 is 9.59 Å². The van der Waals surface area contributed by atoms with E-state index in [1.807, 2.05) is 23.1 Å². The molecule has 22 heavy (non-hydrogen) atoms. The summed E-state index contributed by atoms with van der Waals surface area (Å²) in [7, 11) is 0. The molecular weight excluding hydrogens is 280 g/mol. The molecule has 2 heterocycles. The Kier molecular flexibility index (Phi) is 4.38. The number of nitrogens with two attached hydrogens (primary N) is 1. The van der Waals surface area contributed by atoms with Gasteiger partial charge in [0, 0.05) is 24.7 Å². The Morgan fingerprint density at radius 3 is 2.77 bits per heavy atom. The van der Waals surface area contributed by atoms with Gasteiger partial charge in [-0.05, 0) is 37.8 Å². The van der Waals surface area contributed by atoms with Gasteiger partial charge in [-0.25, -0.2) is 4.98 Å². The fourth-order valence-electron chi connectivity index (χ4n) is 3.01. The highest BCUT2D eigenvalue weighted by Gasteiger charge is 2.34. The molecule has 2 unspecified atom stereocenters. The summed E-state index contributed by atoms with van der Waals surface area (Å²) >= 11 is 0. The highest BCUT2D eigenvalue weighted by molar-refractivity contribution is 5.85. The van der Waals surface area contributed by atoms with E-state index in [2.05, 4.69) is 10.3 Å². The van der Waals surface area contributed by atoms with Gasteiger partial charge in [0.15, 0.2) is 0 Å². The number of aromatic nitrogens is 1. The van der Waals surface area contributed by atoms with Gasteiger partial charge in [-0.15, -0.1) is 0 Å². The summed E-state index contributed by atoms with van der Waals surface area (Å²) in [5.74, 6) is 1.00. The van der Waals surface area contributed by atoms with Crippen LogP contribution in [0.1, 0.15) is 25.7 Å². The van der Waals surface area contributed by atoms with E-state index < -0.39 is 0 Å². The van der Waals surface area contributed by atoms with Crippen LogP contribution in [0, 0.1) is 5.92 Å². The maximum absolute atomic E-state index is 11.8. The number of amides is 1. The topological polar surface area (TPSA) is 88.3 Å². The van der Waals surface area contributed by atoms with Gasteiger partial charge in [0.2, 0.25) is 5.91 Å². The van der Waals surface area contributed by atoms with E-state index in [4.69, 9.17) is 5.73 Å². The molecule has 1 aliphatic heterocycles. The lowest BCUT2D eigenvalue weighted by Crippen LogP contribution is -2.55. The third-order valence-corrected chi connectivity index (χ3v) is 4.47. The lowest BCUT2D eigenvalue weighted by atomic mass is 9.96. The predicted molar refractivity (Wildman–Crippen MR) is 83.3 cm³/mol. The fraction of sp³-hybridized carbons (Fsp3) is 0.562. The minimum Gasteiger partial charge on any atom is -0.368 e. The van der Waals surface area contributed by atoms with Gasteiger partial charge in [-0.2, -0.15) is 0 Å². The summed E-state index contributed by atoms with van der Waals surface area (Å²) in [5, 5.41) is 3.30. The average Bonchev–Trinajstić information content (AvgIpc) is 3.38. The zero-order valence-corrected chi connectivity index (χ0v) is 12.6. The molecule has 0 bridgehead atoms. The number of carbonyl (C=O) groups is 2. The van der Waals surface area contributed by atoms with Crippen LogP contribution in [0.5, 0.6) is 0 Å². The second-order valence-electron chi connectivity index (χ2n) is 6.14. The normalized spacial score (nSPS) is 25.0. The fourth-order valence-corrected chi connectivity index (χ4v) is 3.01. The standard InChI is InChI=1S/C16H22N4O2/c17-16(22)13-9-12(19-10-14(21)11-4-5-11)6-8-20(13)15-3-1-2-7-18-15/h1-3,7,11-13,19H,4-6,8-10H2,(H2,17,22). The molecule has 1 saturated carbocycles. The zero-order valence-electron chi connectivity index (χ0n) is 12.6. The van der Waals surface area contributed by atoms with Gasteiger partial charge >= 0.3 is 0 Å². The molecular formula is C16H22N4O2. The molecule has 3 rings (SSSR count). The number of hydrogen-bond donors (Lipinski definition) is 2. The number of nitrogens with zero attached hydrogens (tertiary/aromatic N) is 2. The van der Waals surface area contributed by atoms with Crippen LogP contribution in [0.25, 0.3) is 0 Å². The van der Waals surface area contributed by atoms with Crippen molar-refractivity contribution in [3.8, 4) is 0 Å². The smallest absolute Gasteiger partial charge is 0.240 e. The van der Waals surface area contributed by atoms with Crippen molar-refractivity contribution in [1.29, 1.82) is 0 Å². The summed E-state index contributed by atoms with van der Waals surface area (Å²) in [5.41, 5.74) is 5.57. The van der Waals surface area contributed by atoms with Crippen LogP contribution in [0.4, 0.5) is 5.82 Å². The van der Waals surface area contributed by atoms with Crippen molar-refractivity contribution in [2.24, 2.45) is 11.7 Å². The maximum Gasteiger partial charge on any atom is 0.240 e. The van der Waals surface area contributed by atoms with Crippen LogP contribution in [0.2, 0.25) is 0 Å². The van der Waals surface area contributed by atoms with Gasteiger partial charge in [0.1, 0.15) is 17.6 Å². The number of hydrogen-bond acceptors (Lipinski definition) is 5.